The van der Waals surface area contributed by atoms with E-state index in [9.17, 15) is 5.11 Å². The molecule has 0 amide bonds. The van der Waals surface area contributed by atoms with Crippen LogP contribution in [0.1, 0.15) is 55.9 Å². The Kier molecular flexibility index (Phi) is 6.31. The van der Waals surface area contributed by atoms with Crippen molar-refractivity contribution in [1.29, 1.82) is 0 Å². The predicted octanol–water partition coefficient (Wildman–Crippen LogP) is 6.33. The van der Waals surface area contributed by atoms with Crippen LogP contribution < -0.4 is 0 Å². The van der Waals surface area contributed by atoms with E-state index in [2.05, 4.69) is 19.9 Å². The Morgan fingerprint density at radius 3 is 2.33 bits per heavy atom. The van der Waals surface area contributed by atoms with E-state index in [0.717, 1.165) is 0 Å². The predicted molar refractivity (Wildman–Crippen MR) is 93.2 cm³/mol. The summed E-state index contributed by atoms with van der Waals surface area (Å²) in [5.74, 6) is 0.338. The van der Waals surface area contributed by atoms with Gasteiger partial charge in [0, 0.05) is 9.75 Å². The van der Waals surface area contributed by atoms with E-state index < -0.39 is 0 Å². The Labute approximate surface area is 132 Å². The van der Waals surface area contributed by atoms with Crippen molar-refractivity contribution in [3.63, 3.8) is 0 Å². The summed E-state index contributed by atoms with van der Waals surface area (Å²) in [6.45, 7) is 4.44. The van der Waals surface area contributed by atoms with Gasteiger partial charge in [0.25, 0.3) is 0 Å². The van der Waals surface area contributed by atoms with Crippen LogP contribution in [0.15, 0.2) is 30.3 Å². The molecule has 114 valence electrons. The molecule has 2 heteroatoms. The van der Waals surface area contributed by atoms with Crippen LogP contribution in [-0.4, -0.2) is 5.11 Å². The van der Waals surface area contributed by atoms with E-state index in [1.807, 2.05) is 23.5 Å². The van der Waals surface area contributed by atoms with E-state index in [-0.39, 0.29) is 0 Å². The molecule has 0 radical (unpaired) electrons. The summed E-state index contributed by atoms with van der Waals surface area (Å²) in [6.07, 6.45) is 9.22. The average Bonchev–Trinajstić information content (AvgIpc) is 2.84. The molecular weight excluding hydrogens is 276 g/mol. The molecule has 0 bridgehead atoms. The van der Waals surface area contributed by atoms with Crippen molar-refractivity contribution in [3.05, 3.63) is 40.8 Å². The highest BCUT2D eigenvalue weighted by Crippen LogP contribution is 2.34. The molecule has 0 saturated carbocycles. The average molecular weight is 302 g/mol. The molecule has 1 N–H and O–H groups in total. The number of hydrogen-bond acceptors (Lipinski definition) is 2. The van der Waals surface area contributed by atoms with Gasteiger partial charge >= 0.3 is 0 Å². The zero-order chi connectivity index (χ0) is 15.1. The molecule has 2 aromatic rings. The van der Waals surface area contributed by atoms with Gasteiger partial charge in [-0.05, 0) is 61.2 Å². The SMILES string of the molecule is CCCCCCCCc1cc(C)sc1-c1ccc(O)cc1. The van der Waals surface area contributed by atoms with Gasteiger partial charge in [0.05, 0.1) is 0 Å². The maximum absolute atomic E-state index is 9.43. The Morgan fingerprint density at radius 1 is 0.952 bits per heavy atom. The highest BCUT2D eigenvalue weighted by molar-refractivity contribution is 7.15. The third-order valence-corrected chi connectivity index (χ3v) is 5.00. The summed E-state index contributed by atoms with van der Waals surface area (Å²) in [7, 11) is 0. The molecule has 0 aliphatic heterocycles. The van der Waals surface area contributed by atoms with Crippen molar-refractivity contribution < 1.29 is 5.11 Å². The third kappa shape index (κ3) is 4.89. The Hall–Kier alpha value is -1.28. The quantitative estimate of drug-likeness (QED) is 0.565. The van der Waals surface area contributed by atoms with Crippen molar-refractivity contribution in [1.82, 2.24) is 0 Å². The molecule has 1 aromatic heterocycles. The van der Waals surface area contributed by atoms with Crippen LogP contribution in [-0.2, 0) is 6.42 Å². The molecule has 2 rings (SSSR count). The van der Waals surface area contributed by atoms with Crippen molar-refractivity contribution in [2.24, 2.45) is 0 Å². The van der Waals surface area contributed by atoms with E-state index in [1.165, 1.54) is 65.8 Å². The number of aromatic hydroxyl groups is 1. The number of thiophene rings is 1. The summed E-state index contributed by atoms with van der Waals surface area (Å²) in [4.78, 5) is 2.75. The van der Waals surface area contributed by atoms with E-state index in [0.29, 0.717) is 5.75 Å². The topological polar surface area (TPSA) is 20.2 Å². The maximum Gasteiger partial charge on any atom is 0.115 e. The molecule has 0 spiro atoms. The van der Waals surface area contributed by atoms with Gasteiger partial charge in [-0.25, -0.2) is 0 Å². The lowest BCUT2D eigenvalue weighted by atomic mass is 10.0. The first-order valence-electron chi connectivity index (χ1n) is 8.09. The van der Waals surface area contributed by atoms with Gasteiger partial charge in [0.2, 0.25) is 0 Å². The fourth-order valence-corrected chi connectivity index (χ4v) is 3.77. The lowest BCUT2D eigenvalue weighted by Gasteiger charge is -2.05. The Balaban J connectivity index is 1.95. The van der Waals surface area contributed by atoms with Crippen LogP contribution in [0.3, 0.4) is 0 Å². The zero-order valence-corrected chi connectivity index (χ0v) is 14.0. The fourth-order valence-electron chi connectivity index (χ4n) is 2.71. The molecule has 0 saturated heterocycles. The highest BCUT2D eigenvalue weighted by atomic mass is 32.1. The number of phenols is 1. The van der Waals surface area contributed by atoms with Gasteiger partial charge in [-0.1, -0.05) is 39.0 Å². The summed E-state index contributed by atoms with van der Waals surface area (Å²) < 4.78 is 0. The smallest absolute Gasteiger partial charge is 0.115 e. The number of hydrogen-bond donors (Lipinski definition) is 1. The first-order chi connectivity index (χ1) is 10.2. The molecular formula is C19H26OS. The molecule has 0 atom stereocenters. The summed E-state index contributed by atoms with van der Waals surface area (Å²) in [5.41, 5.74) is 2.70. The normalized spacial score (nSPS) is 11.0. The molecule has 0 aliphatic carbocycles. The second-order valence-electron chi connectivity index (χ2n) is 5.78. The maximum atomic E-state index is 9.43. The van der Waals surface area contributed by atoms with Crippen molar-refractivity contribution >= 4 is 11.3 Å². The summed E-state index contributed by atoms with van der Waals surface area (Å²) in [5, 5.41) is 9.43. The number of benzene rings is 1. The van der Waals surface area contributed by atoms with Gasteiger partial charge in [-0.3, -0.25) is 0 Å². The zero-order valence-electron chi connectivity index (χ0n) is 13.2. The molecule has 1 heterocycles. The molecule has 1 aromatic carbocycles. The molecule has 1 nitrogen and oxygen atoms in total. The fraction of sp³-hybridized carbons (Fsp3) is 0.474. The van der Waals surface area contributed by atoms with E-state index in [4.69, 9.17) is 0 Å². The van der Waals surface area contributed by atoms with E-state index in [1.54, 1.807) is 12.1 Å². The van der Waals surface area contributed by atoms with Gasteiger partial charge < -0.3 is 5.11 Å². The number of phenolic OH excluding ortho intramolecular Hbond substituents is 1. The molecule has 0 aliphatic rings. The van der Waals surface area contributed by atoms with Gasteiger partial charge in [-0.2, -0.15) is 0 Å². The monoisotopic (exact) mass is 302 g/mol. The standard InChI is InChI=1S/C19H26OS/c1-3-4-5-6-7-8-9-17-14-15(2)21-19(17)16-10-12-18(20)13-11-16/h10-14,20H,3-9H2,1-2H3. The van der Waals surface area contributed by atoms with Gasteiger partial charge in [-0.15, -0.1) is 11.3 Å². The van der Waals surface area contributed by atoms with Gasteiger partial charge in [0.1, 0.15) is 5.75 Å². The first-order valence-corrected chi connectivity index (χ1v) is 8.91. The third-order valence-electron chi connectivity index (χ3n) is 3.86. The van der Waals surface area contributed by atoms with Crippen molar-refractivity contribution in [2.45, 2.75) is 58.8 Å². The minimum atomic E-state index is 0.338. The second kappa shape index (κ2) is 8.23. The van der Waals surface area contributed by atoms with Crippen molar-refractivity contribution in [2.75, 3.05) is 0 Å². The number of unbranched alkanes of at least 4 members (excludes halogenated alkanes) is 5. The second-order valence-corrected chi connectivity index (χ2v) is 7.03. The first kappa shape index (κ1) is 16.1. The summed E-state index contributed by atoms with van der Waals surface area (Å²) in [6, 6.07) is 9.92. The minimum absolute atomic E-state index is 0.338. The largest absolute Gasteiger partial charge is 0.508 e. The Bertz CT molecular complexity index is 539. The van der Waals surface area contributed by atoms with Crippen LogP contribution in [0, 0.1) is 6.92 Å². The van der Waals surface area contributed by atoms with Crippen LogP contribution in [0.4, 0.5) is 0 Å². The van der Waals surface area contributed by atoms with Crippen LogP contribution >= 0.6 is 11.3 Å². The summed E-state index contributed by atoms with van der Waals surface area (Å²) >= 11 is 1.86. The van der Waals surface area contributed by atoms with Crippen LogP contribution in [0.25, 0.3) is 10.4 Å². The molecule has 0 unspecified atom stereocenters. The molecule has 0 fully saturated rings. The Morgan fingerprint density at radius 2 is 1.62 bits per heavy atom. The minimum Gasteiger partial charge on any atom is -0.508 e. The number of aryl methyl sites for hydroxylation is 2. The van der Waals surface area contributed by atoms with Gasteiger partial charge in [0.15, 0.2) is 0 Å². The van der Waals surface area contributed by atoms with Crippen LogP contribution in [0.2, 0.25) is 0 Å². The lowest BCUT2D eigenvalue weighted by Crippen LogP contribution is -1.87. The highest BCUT2D eigenvalue weighted by Gasteiger charge is 2.09. The number of rotatable bonds is 8. The molecule has 21 heavy (non-hydrogen) atoms. The van der Waals surface area contributed by atoms with E-state index >= 15 is 0 Å². The lowest BCUT2D eigenvalue weighted by molar-refractivity contribution is 0.475. The van der Waals surface area contributed by atoms with Crippen molar-refractivity contribution in [3.8, 4) is 16.2 Å². The van der Waals surface area contributed by atoms with Crippen LogP contribution in [0.5, 0.6) is 5.75 Å².